The van der Waals surface area contributed by atoms with E-state index in [9.17, 15) is 26.3 Å². The molecule has 0 radical (unpaired) electrons. The molecule has 52 heavy (non-hydrogen) atoms. The molecular formula is C42H26F6N4. The number of rotatable bonds is 5. The highest BCUT2D eigenvalue weighted by molar-refractivity contribution is 6.10. The van der Waals surface area contributed by atoms with Crippen molar-refractivity contribution in [3.63, 3.8) is 0 Å². The zero-order chi connectivity index (χ0) is 36.2. The summed E-state index contributed by atoms with van der Waals surface area (Å²) in [4.78, 5) is 14.6. The van der Waals surface area contributed by atoms with Gasteiger partial charge in [-0.3, -0.25) is 0 Å². The minimum atomic E-state index is -5.07. The fraction of sp³-hybridized carbons (Fsp3) is 0.0714. The summed E-state index contributed by atoms with van der Waals surface area (Å²) in [5, 5.41) is 1.83. The Kier molecular flexibility index (Phi) is 7.90. The normalized spacial score (nSPS) is 12.1. The van der Waals surface area contributed by atoms with Gasteiger partial charge in [0.1, 0.15) is 0 Å². The van der Waals surface area contributed by atoms with Crippen molar-refractivity contribution in [1.29, 1.82) is 0 Å². The van der Waals surface area contributed by atoms with E-state index < -0.39 is 29.0 Å². The molecule has 0 saturated carbocycles. The number of fused-ring (bicyclic) bond motifs is 3. The van der Waals surface area contributed by atoms with Gasteiger partial charge in [-0.2, -0.15) is 26.3 Å². The number of nitrogens with zero attached hydrogens (tertiary/aromatic N) is 4. The van der Waals surface area contributed by atoms with Crippen molar-refractivity contribution in [1.82, 2.24) is 19.5 Å². The molecule has 4 nitrogen and oxygen atoms in total. The van der Waals surface area contributed by atoms with Crippen LogP contribution in [0, 0.1) is 6.92 Å². The topological polar surface area (TPSA) is 43.6 Å². The van der Waals surface area contributed by atoms with Crippen LogP contribution >= 0.6 is 0 Å². The lowest BCUT2D eigenvalue weighted by atomic mass is 9.95. The summed E-state index contributed by atoms with van der Waals surface area (Å²) in [6, 6.07) is 38.7. The number of aryl methyl sites for hydroxylation is 1. The number of alkyl halides is 6. The molecule has 8 rings (SSSR count). The van der Waals surface area contributed by atoms with Crippen molar-refractivity contribution in [2.24, 2.45) is 0 Å². The monoisotopic (exact) mass is 700 g/mol. The second-order valence-electron chi connectivity index (χ2n) is 12.4. The second-order valence-corrected chi connectivity index (χ2v) is 12.4. The first-order valence-electron chi connectivity index (χ1n) is 16.3. The smallest absolute Gasteiger partial charge is 0.308 e. The van der Waals surface area contributed by atoms with E-state index in [1.165, 1.54) is 6.07 Å². The molecule has 0 unspecified atom stereocenters. The van der Waals surface area contributed by atoms with Gasteiger partial charge in [0, 0.05) is 27.5 Å². The molecule has 0 aliphatic heterocycles. The van der Waals surface area contributed by atoms with Crippen molar-refractivity contribution in [3.8, 4) is 51.0 Å². The van der Waals surface area contributed by atoms with Crippen molar-refractivity contribution in [2.45, 2.75) is 19.3 Å². The Balaban J connectivity index is 1.46. The van der Waals surface area contributed by atoms with Crippen LogP contribution in [0.15, 0.2) is 140 Å². The SMILES string of the molecule is Cc1ccc2c(c1)c1ccccc1n2-c1cc(-c2ccc(C(F)(F)F)cc2C(F)(F)F)ccc1-c1nc(-c2ccccc2)nc(-c2ccccc2)n1. The molecule has 6 aromatic carbocycles. The summed E-state index contributed by atoms with van der Waals surface area (Å²) < 4.78 is 86.3. The zero-order valence-electron chi connectivity index (χ0n) is 27.3. The highest BCUT2D eigenvalue weighted by Crippen LogP contribution is 2.43. The van der Waals surface area contributed by atoms with Crippen molar-refractivity contribution < 1.29 is 26.3 Å². The van der Waals surface area contributed by atoms with E-state index >= 15 is 0 Å². The Morgan fingerprint density at radius 1 is 0.462 bits per heavy atom. The lowest BCUT2D eigenvalue weighted by Gasteiger charge is -2.19. The highest BCUT2D eigenvalue weighted by Gasteiger charge is 2.38. The van der Waals surface area contributed by atoms with Crippen LogP contribution in [0.4, 0.5) is 26.3 Å². The lowest BCUT2D eigenvalue weighted by molar-refractivity contribution is -0.142. The van der Waals surface area contributed by atoms with Crippen LogP contribution in [0.25, 0.3) is 72.8 Å². The third-order valence-electron chi connectivity index (χ3n) is 8.97. The molecule has 2 heterocycles. The molecule has 10 heteroatoms. The fourth-order valence-electron chi connectivity index (χ4n) is 6.56. The molecule has 0 bridgehead atoms. The molecule has 0 spiro atoms. The summed E-state index contributed by atoms with van der Waals surface area (Å²) in [6.07, 6.45) is -10.0. The van der Waals surface area contributed by atoms with Gasteiger partial charge in [0.2, 0.25) is 0 Å². The molecule has 0 aliphatic carbocycles. The Bertz CT molecular complexity index is 2550. The van der Waals surface area contributed by atoms with E-state index in [1.807, 2.05) is 115 Å². The second kappa shape index (κ2) is 12.5. The summed E-state index contributed by atoms with van der Waals surface area (Å²) in [5.74, 6) is 1.04. The van der Waals surface area contributed by atoms with Crippen molar-refractivity contribution >= 4 is 21.8 Å². The molecule has 0 atom stereocenters. The largest absolute Gasteiger partial charge is 0.417 e. The van der Waals surface area contributed by atoms with Gasteiger partial charge in [-0.25, -0.2) is 15.0 Å². The van der Waals surface area contributed by atoms with Crippen molar-refractivity contribution in [3.05, 3.63) is 156 Å². The molecule has 0 N–H and O–H groups in total. The third-order valence-corrected chi connectivity index (χ3v) is 8.97. The van der Waals surface area contributed by atoms with Gasteiger partial charge in [0.25, 0.3) is 0 Å². The van der Waals surface area contributed by atoms with Gasteiger partial charge in [0.05, 0.1) is 27.8 Å². The minimum Gasteiger partial charge on any atom is -0.308 e. The number of hydrogen-bond acceptors (Lipinski definition) is 3. The summed E-state index contributed by atoms with van der Waals surface area (Å²) >= 11 is 0. The molecule has 0 amide bonds. The van der Waals surface area contributed by atoms with E-state index in [0.717, 1.165) is 44.6 Å². The van der Waals surface area contributed by atoms with Crippen LogP contribution in [-0.2, 0) is 12.4 Å². The predicted molar refractivity (Wildman–Crippen MR) is 191 cm³/mol. The fourth-order valence-corrected chi connectivity index (χ4v) is 6.56. The molecule has 0 aliphatic rings. The Morgan fingerprint density at radius 2 is 1.04 bits per heavy atom. The molecule has 0 saturated heterocycles. The van der Waals surface area contributed by atoms with E-state index in [-0.39, 0.29) is 17.5 Å². The minimum absolute atomic E-state index is 0.0680. The van der Waals surface area contributed by atoms with Gasteiger partial charge in [-0.05, 0) is 60.5 Å². The third kappa shape index (κ3) is 5.96. The molecule has 2 aromatic heterocycles. The Labute approximate surface area is 293 Å². The van der Waals surface area contributed by atoms with Crippen LogP contribution in [0.2, 0.25) is 0 Å². The summed E-state index contributed by atoms with van der Waals surface area (Å²) in [7, 11) is 0. The van der Waals surface area contributed by atoms with E-state index in [1.54, 1.807) is 12.1 Å². The van der Waals surface area contributed by atoms with Gasteiger partial charge in [-0.1, -0.05) is 103 Å². The van der Waals surface area contributed by atoms with E-state index in [2.05, 4.69) is 0 Å². The molecule has 256 valence electrons. The first-order chi connectivity index (χ1) is 25.0. The standard InChI is InChI=1S/C42H26F6N4/c1-25-16-21-36-33(22-25)31-14-8-9-15-35(31)52(36)37-23-28(30-20-18-29(41(43,44)45)24-34(30)42(46,47)48)17-19-32(37)40-50-38(26-10-4-2-5-11-26)49-39(51-40)27-12-6-3-7-13-27/h2-24H,1H3. The Morgan fingerprint density at radius 3 is 1.67 bits per heavy atom. The van der Waals surface area contributed by atoms with Crippen LogP contribution in [0.3, 0.4) is 0 Å². The first kappa shape index (κ1) is 32.9. The van der Waals surface area contributed by atoms with E-state index in [0.29, 0.717) is 29.0 Å². The number of benzene rings is 6. The average molecular weight is 701 g/mol. The number of para-hydroxylation sites is 1. The van der Waals surface area contributed by atoms with Crippen LogP contribution < -0.4 is 0 Å². The first-order valence-corrected chi connectivity index (χ1v) is 16.3. The quantitative estimate of drug-likeness (QED) is 0.168. The maximum Gasteiger partial charge on any atom is 0.417 e. The highest BCUT2D eigenvalue weighted by atomic mass is 19.4. The van der Waals surface area contributed by atoms with Gasteiger partial charge in [0.15, 0.2) is 17.5 Å². The van der Waals surface area contributed by atoms with Crippen molar-refractivity contribution in [2.75, 3.05) is 0 Å². The zero-order valence-corrected chi connectivity index (χ0v) is 27.3. The van der Waals surface area contributed by atoms with Crippen LogP contribution in [0.5, 0.6) is 0 Å². The van der Waals surface area contributed by atoms with Gasteiger partial charge < -0.3 is 4.57 Å². The number of hydrogen-bond donors (Lipinski definition) is 0. The maximum absolute atomic E-state index is 14.5. The van der Waals surface area contributed by atoms with Crippen LogP contribution in [0.1, 0.15) is 16.7 Å². The predicted octanol–water partition coefficient (Wildman–Crippen LogP) is 12.0. The number of aromatic nitrogens is 4. The van der Waals surface area contributed by atoms with Crippen LogP contribution in [-0.4, -0.2) is 19.5 Å². The lowest BCUT2D eigenvalue weighted by Crippen LogP contribution is -2.12. The number of halogens is 6. The van der Waals surface area contributed by atoms with E-state index in [4.69, 9.17) is 15.0 Å². The Hall–Kier alpha value is -6.29. The summed E-state index contributed by atoms with van der Waals surface area (Å²) in [6.45, 7) is 1.97. The van der Waals surface area contributed by atoms with Gasteiger partial charge >= 0.3 is 12.4 Å². The maximum atomic E-state index is 14.5. The molecule has 0 fully saturated rings. The molecular weight excluding hydrogens is 674 g/mol. The molecule has 8 aromatic rings. The van der Waals surface area contributed by atoms with Gasteiger partial charge in [-0.15, -0.1) is 0 Å². The average Bonchev–Trinajstić information content (AvgIpc) is 3.47. The summed E-state index contributed by atoms with van der Waals surface area (Å²) in [5.41, 5.74) is 1.83.